The summed E-state index contributed by atoms with van der Waals surface area (Å²) in [5.41, 5.74) is 1.58. The molecular formula is C12H18N2. The molecule has 0 bridgehead atoms. The number of anilines is 1. The fourth-order valence-corrected chi connectivity index (χ4v) is 2.06. The normalized spacial score (nSPS) is 16.6. The van der Waals surface area contributed by atoms with E-state index in [0.717, 1.165) is 6.54 Å². The second-order valence-electron chi connectivity index (χ2n) is 4.91. The molecule has 0 N–H and O–H groups in total. The van der Waals surface area contributed by atoms with Gasteiger partial charge < -0.3 is 4.90 Å². The molecule has 0 spiro atoms. The van der Waals surface area contributed by atoms with Gasteiger partial charge >= 0.3 is 0 Å². The van der Waals surface area contributed by atoms with Crippen molar-refractivity contribution in [3.05, 3.63) is 23.9 Å². The number of pyridine rings is 1. The molecule has 0 aromatic carbocycles. The van der Waals surface area contributed by atoms with Crippen LogP contribution < -0.4 is 4.90 Å². The summed E-state index contributed by atoms with van der Waals surface area (Å²) in [6, 6.07) is 4.23. The Morgan fingerprint density at radius 2 is 2.14 bits per heavy atom. The van der Waals surface area contributed by atoms with Crippen LogP contribution in [0.25, 0.3) is 0 Å². The molecular weight excluding hydrogens is 172 g/mol. The lowest BCUT2D eigenvalue weighted by Crippen LogP contribution is -2.45. The Morgan fingerprint density at radius 3 is 2.86 bits per heavy atom. The molecule has 0 saturated heterocycles. The van der Waals surface area contributed by atoms with Crippen LogP contribution in [-0.4, -0.2) is 17.1 Å². The minimum Gasteiger partial charge on any atom is -0.352 e. The quantitative estimate of drug-likeness (QED) is 0.625. The highest BCUT2D eigenvalue weighted by Crippen LogP contribution is 2.29. The highest BCUT2D eigenvalue weighted by atomic mass is 15.2. The minimum absolute atomic E-state index is 0.184. The molecule has 1 aromatic rings. The zero-order valence-electron chi connectivity index (χ0n) is 9.25. The predicted octanol–water partition coefficient (Wildman–Crippen LogP) is 2.63. The summed E-state index contributed by atoms with van der Waals surface area (Å²) < 4.78 is 0. The maximum atomic E-state index is 4.49. The summed E-state index contributed by atoms with van der Waals surface area (Å²) in [4.78, 5) is 6.90. The van der Waals surface area contributed by atoms with Crippen molar-refractivity contribution < 1.29 is 0 Å². The van der Waals surface area contributed by atoms with Gasteiger partial charge in [-0.15, -0.1) is 0 Å². The van der Waals surface area contributed by atoms with Gasteiger partial charge in [0.05, 0.1) is 0 Å². The number of rotatable bonds is 0. The average molecular weight is 190 g/mol. The van der Waals surface area contributed by atoms with Crippen molar-refractivity contribution in [1.82, 2.24) is 4.98 Å². The van der Waals surface area contributed by atoms with Gasteiger partial charge in [0.1, 0.15) is 5.82 Å². The monoisotopic (exact) mass is 190 g/mol. The van der Waals surface area contributed by atoms with Gasteiger partial charge in [0, 0.05) is 18.3 Å². The van der Waals surface area contributed by atoms with Gasteiger partial charge in [-0.2, -0.15) is 0 Å². The molecule has 76 valence electrons. The Hall–Kier alpha value is -1.05. The first-order chi connectivity index (χ1) is 6.59. The van der Waals surface area contributed by atoms with Crippen molar-refractivity contribution in [2.75, 3.05) is 11.4 Å². The van der Waals surface area contributed by atoms with Crippen molar-refractivity contribution in [2.24, 2.45) is 0 Å². The highest BCUT2D eigenvalue weighted by molar-refractivity contribution is 5.50. The Bertz CT molecular complexity index is 325. The summed E-state index contributed by atoms with van der Waals surface area (Å²) in [6.45, 7) is 7.87. The molecule has 2 heterocycles. The van der Waals surface area contributed by atoms with Crippen molar-refractivity contribution >= 4 is 5.82 Å². The molecule has 14 heavy (non-hydrogen) atoms. The van der Waals surface area contributed by atoms with Crippen molar-refractivity contribution in [2.45, 2.75) is 39.2 Å². The second kappa shape index (κ2) is 3.26. The van der Waals surface area contributed by atoms with Gasteiger partial charge in [-0.3, -0.25) is 0 Å². The van der Waals surface area contributed by atoms with Crippen molar-refractivity contribution in [3.63, 3.8) is 0 Å². The maximum absolute atomic E-state index is 4.49. The molecule has 0 saturated carbocycles. The van der Waals surface area contributed by atoms with E-state index in [2.05, 4.69) is 36.7 Å². The van der Waals surface area contributed by atoms with Gasteiger partial charge in [0.25, 0.3) is 0 Å². The number of aryl methyl sites for hydroxylation is 1. The van der Waals surface area contributed by atoms with Gasteiger partial charge in [-0.25, -0.2) is 4.98 Å². The summed E-state index contributed by atoms with van der Waals surface area (Å²) in [5, 5.41) is 0. The molecule has 0 aliphatic carbocycles. The van der Waals surface area contributed by atoms with E-state index >= 15 is 0 Å². The molecule has 0 fully saturated rings. The van der Waals surface area contributed by atoms with Crippen molar-refractivity contribution in [3.8, 4) is 0 Å². The van der Waals surface area contributed by atoms with Crippen LogP contribution >= 0.6 is 0 Å². The number of hydrogen-bond acceptors (Lipinski definition) is 2. The van der Waals surface area contributed by atoms with E-state index in [9.17, 15) is 0 Å². The molecule has 0 radical (unpaired) electrons. The van der Waals surface area contributed by atoms with Crippen LogP contribution in [0, 0.1) is 0 Å². The van der Waals surface area contributed by atoms with Crippen LogP contribution in [0.2, 0.25) is 0 Å². The average Bonchev–Trinajstić information content (AvgIpc) is 2.15. The molecule has 0 atom stereocenters. The smallest absolute Gasteiger partial charge is 0.132 e. The summed E-state index contributed by atoms with van der Waals surface area (Å²) in [7, 11) is 0. The van der Waals surface area contributed by atoms with E-state index in [1.54, 1.807) is 0 Å². The fraction of sp³-hybridized carbons (Fsp3) is 0.583. The topological polar surface area (TPSA) is 16.1 Å². The molecule has 2 nitrogen and oxygen atoms in total. The van der Waals surface area contributed by atoms with Crippen LogP contribution in [0.3, 0.4) is 0 Å². The second-order valence-corrected chi connectivity index (χ2v) is 4.91. The summed E-state index contributed by atoms with van der Waals surface area (Å²) >= 11 is 0. The first-order valence-electron chi connectivity index (χ1n) is 5.30. The number of fused-ring (bicyclic) bond motifs is 1. The first-order valence-corrected chi connectivity index (χ1v) is 5.30. The van der Waals surface area contributed by atoms with Crippen LogP contribution in [0.1, 0.15) is 32.8 Å². The molecule has 1 aliphatic rings. The molecule has 1 aromatic heterocycles. The lowest BCUT2D eigenvalue weighted by atomic mass is 9.99. The van der Waals surface area contributed by atoms with E-state index in [0.29, 0.717) is 0 Å². The van der Waals surface area contributed by atoms with Gasteiger partial charge in [-0.1, -0.05) is 6.07 Å². The summed E-state index contributed by atoms with van der Waals surface area (Å²) in [5.74, 6) is 1.19. The van der Waals surface area contributed by atoms with E-state index < -0.39 is 0 Å². The lowest BCUT2D eigenvalue weighted by Gasteiger charge is -2.40. The van der Waals surface area contributed by atoms with Gasteiger partial charge in [0.2, 0.25) is 0 Å². The third-order valence-corrected chi connectivity index (χ3v) is 2.76. The Balaban J connectivity index is 2.41. The molecule has 0 unspecified atom stereocenters. The van der Waals surface area contributed by atoms with Crippen LogP contribution in [0.4, 0.5) is 5.82 Å². The Labute approximate surface area is 86.0 Å². The van der Waals surface area contributed by atoms with Crippen LogP contribution in [-0.2, 0) is 6.42 Å². The maximum Gasteiger partial charge on any atom is 0.132 e. The molecule has 2 heteroatoms. The van der Waals surface area contributed by atoms with Crippen LogP contribution in [0.5, 0.6) is 0 Å². The largest absolute Gasteiger partial charge is 0.352 e. The standard InChI is InChI=1S/C12H18N2/c1-12(2,3)14-9-5-7-10-6-4-8-13-11(10)14/h4,6,8H,5,7,9H2,1-3H3. The third-order valence-electron chi connectivity index (χ3n) is 2.76. The molecule has 0 amide bonds. The lowest BCUT2D eigenvalue weighted by molar-refractivity contribution is 0.478. The highest BCUT2D eigenvalue weighted by Gasteiger charge is 2.26. The first kappa shape index (κ1) is 9.50. The predicted molar refractivity (Wildman–Crippen MR) is 59.7 cm³/mol. The van der Waals surface area contributed by atoms with E-state index in [1.807, 2.05) is 12.3 Å². The van der Waals surface area contributed by atoms with Crippen molar-refractivity contribution in [1.29, 1.82) is 0 Å². The van der Waals surface area contributed by atoms with E-state index in [1.165, 1.54) is 24.2 Å². The minimum atomic E-state index is 0.184. The summed E-state index contributed by atoms with van der Waals surface area (Å²) in [6.07, 6.45) is 4.31. The third kappa shape index (κ3) is 1.61. The fourth-order valence-electron chi connectivity index (χ4n) is 2.06. The van der Waals surface area contributed by atoms with Crippen LogP contribution in [0.15, 0.2) is 18.3 Å². The molecule has 2 rings (SSSR count). The van der Waals surface area contributed by atoms with E-state index in [4.69, 9.17) is 0 Å². The Morgan fingerprint density at radius 1 is 1.36 bits per heavy atom. The van der Waals surface area contributed by atoms with Gasteiger partial charge in [-0.05, 0) is 45.2 Å². The zero-order chi connectivity index (χ0) is 10.2. The van der Waals surface area contributed by atoms with Gasteiger partial charge in [0.15, 0.2) is 0 Å². The SMILES string of the molecule is CC(C)(C)N1CCCc2cccnc21. The Kier molecular flexibility index (Phi) is 2.22. The number of nitrogens with zero attached hydrogens (tertiary/aromatic N) is 2. The number of hydrogen-bond donors (Lipinski definition) is 0. The van der Waals surface area contributed by atoms with E-state index in [-0.39, 0.29) is 5.54 Å². The zero-order valence-corrected chi connectivity index (χ0v) is 9.25. The molecule has 1 aliphatic heterocycles. The number of aromatic nitrogens is 1.